The Labute approximate surface area is 547 Å². The summed E-state index contributed by atoms with van der Waals surface area (Å²) in [6.45, 7) is 30.3. The number of nitrogens with zero attached hydrogens (tertiary/aromatic N) is 8. The maximum absolute atomic E-state index is 13.0. The first-order valence-corrected chi connectivity index (χ1v) is 35.2. The highest BCUT2D eigenvalue weighted by atomic mass is 35.5. The van der Waals surface area contributed by atoms with Crippen LogP contribution >= 0.6 is 23.2 Å². The van der Waals surface area contributed by atoms with Gasteiger partial charge in [-0.2, -0.15) is 8.42 Å². The van der Waals surface area contributed by atoms with E-state index >= 15 is 0 Å². The molecule has 4 aliphatic carbocycles. The van der Waals surface area contributed by atoms with Crippen LogP contribution in [0.3, 0.4) is 0 Å². The molecule has 0 aliphatic heterocycles. The first kappa shape index (κ1) is 70.5. The van der Waals surface area contributed by atoms with Crippen LogP contribution in [0.1, 0.15) is 181 Å². The Morgan fingerprint density at radius 1 is 0.582 bits per heavy atom. The molecule has 10 rings (SSSR count). The van der Waals surface area contributed by atoms with Gasteiger partial charge in [-0.15, -0.1) is 10.2 Å². The van der Waals surface area contributed by atoms with Crippen molar-refractivity contribution < 1.29 is 41.0 Å². The number of halogens is 2. The largest absolute Gasteiger partial charge is 0.478 e. The van der Waals surface area contributed by atoms with Crippen molar-refractivity contribution in [1.29, 1.82) is 0 Å². The van der Waals surface area contributed by atoms with E-state index in [0.717, 1.165) is 50.5 Å². The molecule has 25 heteroatoms. The predicted molar refractivity (Wildman–Crippen MR) is 354 cm³/mol. The monoisotopic (exact) mass is 1330 g/mol. The number of carboxylic acid groups (broad SMARTS) is 1. The molecular weight excluding hydrogens is 1240 g/mol. The first-order valence-electron chi connectivity index (χ1n) is 31.5. The Morgan fingerprint density at radius 2 is 1.00 bits per heavy atom. The maximum atomic E-state index is 13.0. The normalized spacial score (nSPS) is 19.9. The van der Waals surface area contributed by atoms with E-state index in [4.69, 9.17) is 42.9 Å². The number of ether oxygens (including phenoxy) is 2. The van der Waals surface area contributed by atoms with Crippen molar-refractivity contribution in [3.8, 4) is 23.4 Å². The smallest absolute Gasteiger partial charge is 0.338 e. The lowest BCUT2D eigenvalue weighted by molar-refractivity contribution is 0.0696. The molecule has 0 radical (unpaired) electrons. The molecule has 6 N–H and O–H groups in total. The summed E-state index contributed by atoms with van der Waals surface area (Å²) in [5.41, 5.74) is 2.10. The molecule has 4 saturated carbocycles. The number of anilines is 2. The van der Waals surface area contributed by atoms with E-state index in [1.165, 1.54) is 84.6 Å². The van der Waals surface area contributed by atoms with Gasteiger partial charge in [0.05, 0.1) is 24.3 Å². The van der Waals surface area contributed by atoms with Gasteiger partial charge in [-0.25, -0.2) is 52.4 Å². The molecule has 6 heterocycles. The second-order valence-corrected chi connectivity index (χ2v) is 32.5. The molecular formula is C66H92Cl2N12O9S2. The van der Waals surface area contributed by atoms with Crippen molar-refractivity contribution >= 4 is 66.8 Å². The maximum Gasteiger partial charge on any atom is 0.338 e. The van der Waals surface area contributed by atoms with Crippen molar-refractivity contribution in [1.82, 2.24) is 44.2 Å². The summed E-state index contributed by atoms with van der Waals surface area (Å²) in [6.07, 6.45) is 17.5. The number of primary sulfonamides is 1. The van der Waals surface area contributed by atoms with Crippen LogP contribution in [0.25, 0.3) is 11.6 Å². The highest BCUT2D eigenvalue weighted by molar-refractivity contribution is 7.90. The number of aromatic nitrogens is 8. The summed E-state index contributed by atoms with van der Waals surface area (Å²) in [5.74, 6) is 3.54. The van der Waals surface area contributed by atoms with E-state index in [2.05, 4.69) is 129 Å². The minimum atomic E-state index is -4.26. The number of nitrogens with one attached hydrogen (secondary N) is 3. The Morgan fingerprint density at radius 3 is 1.38 bits per heavy atom. The van der Waals surface area contributed by atoms with Crippen LogP contribution in [-0.4, -0.2) is 99.6 Å². The molecule has 1 amide bonds. The molecule has 6 aromatic rings. The number of hydrogen-bond donors (Lipinski definition) is 5. The molecule has 91 heavy (non-hydrogen) atoms. The second-order valence-electron chi connectivity index (χ2n) is 28.7. The topological polar surface area (TPSA) is 290 Å². The van der Waals surface area contributed by atoms with Gasteiger partial charge in [0.15, 0.2) is 21.7 Å². The number of sulfonamides is 2. The molecule has 0 bridgehead atoms. The van der Waals surface area contributed by atoms with Crippen molar-refractivity contribution in [3.05, 3.63) is 107 Å². The third-order valence-corrected chi connectivity index (χ3v) is 22.9. The number of nitrogens with two attached hydrogens (primary N) is 1. The second kappa shape index (κ2) is 28.0. The van der Waals surface area contributed by atoms with Crippen LogP contribution < -0.4 is 30.0 Å². The molecule has 0 saturated heterocycles. The fraction of sp³-hybridized carbons (Fsp3) is 0.576. The lowest BCUT2D eigenvalue weighted by atomic mass is 9.89. The average Bonchev–Trinajstić information content (AvgIpc) is 1.56. The quantitative estimate of drug-likeness (QED) is 0.0263. The number of aromatic carboxylic acids is 1. The van der Waals surface area contributed by atoms with E-state index in [0.29, 0.717) is 99.1 Å². The Bertz CT molecular complexity index is 3750. The number of hydrogen-bond acceptors (Lipinski definition) is 16. The van der Waals surface area contributed by atoms with Crippen LogP contribution in [0.4, 0.5) is 11.6 Å². The zero-order valence-electron chi connectivity index (χ0n) is 54.6. The fourth-order valence-corrected chi connectivity index (χ4v) is 15.5. The van der Waals surface area contributed by atoms with Gasteiger partial charge in [-0.05, 0) is 182 Å². The first-order chi connectivity index (χ1) is 42.5. The Kier molecular flexibility index (Phi) is 21.7. The minimum Gasteiger partial charge on any atom is -0.478 e. The van der Waals surface area contributed by atoms with E-state index in [9.17, 15) is 26.4 Å². The number of pyridine rings is 4. The van der Waals surface area contributed by atoms with Gasteiger partial charge < -0.3 is 25.2 Å². The standard InChI is InChI=1S/C33H45ClN6O4S.C18H22ClN3O3.C15H25N3O2S/c1-31(2)17-14-22(21-31)9-8-18-35-25-10-7-11-28(36-25)45(42,43)39-30(41)23-12-13-26(37-29(23)34)40-19-15-27(38-40)44-20-16-24-32(3,4)33(24,5)6;1-17(2)12(18(17,3)4)8-10-25-14-7-9-22(21-14)13-6-5-11(16(23)24)15(19)20-13;1-15(2)9-8-12(11-15)5-4-10-17-13-6-3-7-14(18-13)21(16,19)20/h7,10-13,15,19,22,24H,8-9,14,16-18,20-21H2,1-6H3,(H,35,36)(H,39,41);5-7,9,12H,8,10H2,1-4H3,(H,23,24);3,6-7,12H,4-5,8-11H2,1-2H3,(H,17,18)(H2,16,19,20)/t22-;;12-/m1.1/s1. The van der Waals surface area contributed by atoms with Gasteiger partial charge >= 0.3 is 5.97 Å². The van der Waals surface area contributed by atoms with Crippen LogP contribution in [-0.2, 0) is 20.0 Å². The van der Waals surface area contributed by atoms with E-state index in [1.54, 1.807) is 54.9 Å². The molecule has 0 spiro atoms. The molecule has 2 atom stereocenters. The number of rotatable bonds is 25. The van der Waals surface area contributed by atoms with Crippen LogP contribution in [0.2, 0.25) is 10.3 Å². The molecule has 6 aromatic heterocycles. The zero-order chi connectivity index (χ0) is 66.5. The van der Waals surface area contributed by atoms with Crippen LogP contribution in [0, 0.1) is 56.2 Å². The highest BCUT2D eigenvalue weighted by Crippen LogP contribution is 2.70. The minimum absolute atomic E-state index is 0.0382. The molecule has 4 fully saturated rings. The average molecular weight is 1330 g/mol. The summed E-state index contributed by atoms with van der Waals surface area (Å²) in [6, 6.07) is 18.8. The molecule has 0 aromatic carbocycles. The summed E-state index contributed by atoms with van der Waals surface area (Å²) < 4.78 is 65.2. The fourth-order valence-electron chi connectivity index (χ4n) is 13.6. The van der Waals surface area contributed by atoms with Crippen LogP contribution in [0.5, 0.6) is 11.8 Å². The molecule has 496 valence electrons. The van der Waals surface area contributed by atoms with Gasteiger partial charge in [0.2, 0.25) is 11.8 Å². The molecule has 0 unspecified atom stereocenters. The van der Waals surface area contributed by atoms with Crippen molar-refractivity contribution in [3.63, 3.8) is 0 Å². The molecule has 4 aliphatic rings. The zero-order valence-corrected chi connectivity index (χ0v) is 57.8. The number of carbonyl (C=O) groups is 2. The predicted octanol–water partition coefficient (Wildman–Crippen LogP) is 13.7. The van der Waals surface area contributed by atoms with Gasteiger partial charge in [-0.3, -0.25) is 4.79 Å². The number of amides is 1. The van der Waals surface area contributed by atoms with Gasteiger partial charge in [0.1, 0.15) is 21.9 Å². The van der Waals surface area contributed by atoms with E-state index < -0.39 is 31.9 Å². The van der Waals surface area contributed by atoms with E-state index in [-0.39, 0.29) is 31.5 Å². The van der Waals surface area contributed by atoms with Gasteiger partial charge in [-0.1, -0.05) is 118 Å². The summed E-state index contributed by atoms with van der Waals surface area (Å²) >= 11 is 12.2. The van der Waals surface area contributed by atoms with Crippen molar-refractivity contribution in [2.24, 2.45) is 61.3 Å². The lowest BCUT2D eigenvalue weighted by Crippen LogP contribution is -2.31. The SMILES string of the molecule is CC1(C)C(CCOc2ccn(-c3ccc(C(=O)O)c(Cl)n3)n2)C1(C)C.CC1(C)CC[C@@H](CCCNc2cccc(S(=O)(=O)NC(=O)c3ccc(-n4ccc(OCCC5C(C)(C)C5(C)C)n4)nc3Cl)n2)C1.CC1(C)CC[C@@H](CCCNc2cccc(S(N)(=O)=O)n2)C1. The van der Waals surface area contributed by atoms with Crippen molar-refractivity contribution in [2.45, 2.75) is 170 Å². The number of carboxylic acids is 1. The van der Waals surface area contributed by atoms with Gasteiger partial charge in [0.25, 0.3) is 26.0 Å². The van der Waals surface area contributed by atoms with E-state index in [1.807, 2.05) is 0 Å². The Balaban J connectivity index is 0.000000195. The van der Waals surface area contributed by atoms with Gasteiger partial charge in [0, 0.05) is 37.6 Å². The highest BCUT2D eigenvalue weighted by Gasteiger charge is 2.64. The third-order valence-electron chi connectivity index (χ3n) is 20.3. The summed E-state index contributed by atoms with van der Waals surface area (Å²) in [5, 5.41) is 28.6. The Hall–Kier alpha value is -6.40. The number of carbonyl (C=O) groups excluding carboxylic acids is 1. The van der Waals surface area contributed by atoms with Crippen molar-refractivity contribution in [2.75, 3.05) is 36.9 Å². The molecule has 21 nitrogen and oxygen atoms in total. The summed E-state index contributed by atoms with van der Waals surface area (Å²) in [4.78, 5) is 40.5. The summed E-state index contributed by atoms with van der Waals surface area (Å²) in [7, 11) is -7.99. The van der Waals surface area contributed by atoms with Crippen LogP contribution in [0.15, 0.2) is 95.2 Å². The third kappa shape index (κ3) is 17.8. The lowest BCUT2D eigenvalue weighted by Gasteiger charge is -2.17.